The molecule has 0 heterocycles. The lowest BCUT2D eigenvalue weighted by molar-refractivity contribution is 0.126. The monoisotopic (exact) mass is 331 g/mol. The summed E-state index contributed by atoms with van der Waals surface area (Å²) in [6.07, 6.45) is 0. The molecule has 25 heavy (non-hydrogen) atoms. The Bertz CT molecular complexity index is 755. The lowest BCUT2D eigenvalue weighted by atomic mass is 9.80. The van der Waals surface area contributed by atoms with E-state index < -0.39 is 5.60 Å². The number of hydrogen-bond acceptors (Lipinski definition) is 2. The molecule has 128 valence electrons. The van der Waals surface area contributed by atoms with Crippen LogP contribution in [0.25, 0.3) is 0 Å². The first-order valence-electron chi connectivity index (χ1n) is 8.89. The zero-order valence-electron chi connectivity index (χ0n) is 14.9. The Morgan fingerprint density at radius 1 is 0.680 bits per heavy atom. The fourth-order valence-corrected chi connectivity index (χ4v) is 3.38. The van der Waals surface area contributed by atoms with E-state index in [1.807, 2.05) is 72.8 Å². The van der Waals surface area contributed by atoms with E-state index in [4.69, 9.17) is 0 Å². The molecule has 0 unspecified atom stereocenters. The third-order valence-electron chi connectivity index (χ3n) is 4.78. The van der Waals surface area contributed by atoms with Crippen LogP contribution in [0.15, 0.2) is 84.9 Å². The summed E-state index contributed by atoms with van der Waals surface area (Å²) in [5.41, 5.74) is 2.59. The average Bonchev–Trinajstić information content (AvgIpc) is 2.70. The van der Waals surface area contributed by atoms with Crippen LogP contribution < -0.4 is 4.90 Å². The summed E-state index contributed by atoms with van der Waals surface area (Å²) < 4.78 is 0. The molecule has 0 aliphatic carbocycles. The largest absolute Gasteiger partial charge is 0.376 e. The highest BCUT2D eigenvalue weighted by Gasteiger charge is 2.33. The highest BCUT2D eigenvalue weighted by atomic mass is 16.3. The molecule has 0 aliphatic heterocycles. The smallest absolute Gasteiger partial charge is 0.140 e. The lowest BCUT2D eigenvalue weighted by Gasteiger charge is -2.31. The standard InChI is InChI=1S/C23H25NO/c1-3-24(4-2)22-17-11-16-21(18-22)23(25,19-12-7-5-8-13-19)20-14-9-6-10-15-20/h5-18,25H,3-4H2,1-2H3. The molecule has 1 N–H and O–H groups in total. The fraction of sp³-hybridized carbons (Fsp3) is 0.217. The van der Waals surface area contributed by atoms with Gasteiger partial charge in [0.25, 0.3) is 0 Å². The van der Waals surface area contributed by atoms with Gasteiger partial charge in [-0.1, -0.05) is 72.8 Å². The predicted molar refractivity (Wildman–Crippen MR) is 105 cm³/mol. The van der Waals surface area contributed by atoms with Gasteiger partial charge in [0, 0.05) is 18.8 Å². The van der Waals surface area contributed by atoms with E-state index in [1.54, 1.807) is 0 Å². The molecule has 0 aliphatic rings. The highest BCUT2D eigenvalue weighted by molar-refractivity contribution is 5.55. The Hall–Kier alpha value is -2.58. The van der Waals surface area contributed by atoms with Crippen LogP contribution in [-0.2, 0) is 5.60 Å². The minimum atomic E-state index is -1.17. The van der Waals surface area contributed by atoms with Crippen molar-refractivity contribution in [2.24, 2.45) is 0 Å². The minimum absolute atomic E-state index is 0.873. The molecular weight excluding hydrogens is 306 g/mol. The summed E-state index contributed by atoms with van der Waals surface area (Å²) in [4.78, 5) is 2.29. The van der Waals surface area contributed by atoms with Crippen LogP contribution in [0.2, 0.25) is 0 Å². The maximum atomic E-state index is 11.9. The van der Waals surface area contributed by atoms with E-state index in [2.05, 4.69) is 30.9 Å². The summed E-state index contributed by atoms with van der Waals surface area (Å²) in [5, 5.41) is 11.9. The second kappa shape index (κ2) is 7.54. The minimum Gasteiger partial charge on any atom is -0.376 e. The van der Waals surface area contributed by atoms with Gasteiger partial charge in [0.05, 0.1) is 0 Å². The number of aliphatic hydroxyl groups is 1. The lowest BCUT2D eigenvalue weighted by Crippen LogP contribution is -2.29. The number of anilines is 1. The summed E-state index contributed by atoms with van der Waals surface area (Å²) in [6, 6.07) is 28.0. The second-order valence-electron chi connectivity index (χ2n) is 6.17. The summed E-state index contributed by atoms with van der Waals surface area (Å²) in [6.45, 7) is 6.18. The van der Waals surface area contributed by atoms with Crippen molar-refractivity contribution in [3.05, 3.63) is 102 Å². The highest BCUT2D eigenvalue weighted by Crippen LogP contribution is 2.37. The van der Waals surface area contributed by atoms with Crippen LogP contribution in [0.4, 0.5) is 5.69 Å². The van der Waals surface area contributed by atoms with E-state index in [-0.39, 0.29) is 0 Å². The summed E-state index contributed by atoms with van der Waals surface area (Å²) >= 11 is 0. The van der Waals surface area contributed by atoms with Gasteiger partial charge < -0.3 is 10.0 Å². The Labute approximate surface area is 150 Å². The molecular formula is C23H25NO. The van der Waals surface area contributed by atoms with Crippen molar-refractivity contribution in [3.8, 4) is 0 Å². The molecule has 0 fully saturated rings. The SMILES string of the molecule is CCN(CC)c1cccc(C(O)(c2ccccc2)c2ccccc2)c1. The Kier molecular flexibility index (Phi) is 5.20. The third-order valence-corrected chi connectivity index (χ3v) is 4.78. The molecule has 0 aromatic heterocycles. The van der Waals surface area contributed by atoms with Gasteiger partial charge in [-0.2, -0.15) is 0 Å². The first kappa shape index (κ1) is 17.2. The van der Waals surface area contributed by atoms with Crippen molar-refractivity contribution in [2.45, 2.75) is 19.4 Å². The fourth-order valence-electron chi connectivity index (χ4n) is 3.38. The Balaban J connectivity index is 2.18. The quantitative estimate of drug-likeness (QED) is 0.655. The van der Waals surface area contributed by atoms with Gasteiger partial charge in [0.1, 0.15) is 5.60 Å². The third kappa shape index (κ3) is 3.31. The molecule has 0 spiro atoms. The maximum Gasteiger partial charge on any atom is 0.140 e. The topological polar surface area (TPSA) is 23.5 Å². The van der Waals surface area contributed by atoms with Gasteiger partial charge in [0.15, 0.2) is 0 Å². The van der Waals surface area contributed by atoms with Crippen molar-refractivity contribution in [1.29, 1.82) is 0 Å². The molecule has 0 saturated heterocycles. The first-order chi connectivity index (χ1) is 12.2. The van der Waals surface area contributed by atoms with E-state index in [1.165, 1.54) is 0 Å². The summed E-state index contributed by atoms with van der Waals surface area (Å²) in [7, 11) is 0. The molecule has 3 aromatic carbocycles. The molecule has 0 radical (unpaired) electrons. The number of benzene rings is 3. The molecule has 2 nitrogen and oxygen atoms in total. The van der Waals surface area contributed by atoms with Gasteiger partial charge in [-0.25, -0.2) is 0 Å². The van der Waals surface area contributed by atoms with E-state index in [0.29, 0.717) is 0 Å². The number of nitrogens with zero attached hydrogens (tertiary/aromatic N) is 1. The van der Waals surface area contributed by atoms with Gasteiger partial charge in [-0.3, -0.25) is 0 Å². The van der Waals surface area contributed by atoms with Gasteiger partial charge in [-0.05, 0) is 42.7 Å². The molecule has 0 bridgehead atoms. The van der Waals surface area contributed by atoms with Crippen molar-refractivity contribution in [1.82, 2.24) is 0 Å². The molecule has 0 saturated carbocycles. The van der Waals surface area contributed by atoms with Crippen molar-refractivity contribution in [3.63, 3.8) is 0 Å². The predicted octanol–water partition coefficient (Wildman–Crippen LogP) is 4.82. The first-order valence-corrected chi connectivity index (χ1v) is 8.89. The van der Waals surface area contributed by atoms with Crippen molar-refractivity contribution in [2.75, 3.05) is 18.0 Å². The van der Waals surface area contributed by atoms with E-state index in [0.717, 1.165) is 35.5 Å². The van der Waals surface area contributed by atoms with Crippen molar-refractivity contribution < 1.29 is 5.11 Å². The van der Waals surface area contributed by atoms with E-state index in [9.17, 15) is 5.11 Å². The average molecular weight is 331 g/mol. The Morgan fingerprint density at radius 3 is 1.64 bits per heavy atom. The Morgan fingerprint density at radius 2 is 1.16 bits per heavy atom. The zero-order valence-corrected chi connectivity index (χ0v) is 14.9. The summed E-state index contributed by atoms with van der Waals surface area (Å²) in [5.74, 6) is 0. The van der Waals surface area contributed by atoms with Crippen molar-refractivity contribution >= 4 is 5.69 Å². The molecule has 0 amide bonds. The van der Waals surface area contributed by atoms with Gasteiger partial charge >= 0.3 is 0 Å². The molecule has 3 aromatic rings. The van der Waals surface area contributed by atoms with Crippen LogP contribution in [0.3, 0.4) is 0 Å². The zero-order chi connectivity index (χ0) is 17.7. The number of rotatable bonds is 6. The van der Waals surface area contributed by atoms with Crippen LogP contribution in [-0.4, -0.2) is 18.2 Å². The number of hydrogen-bond donors (Lipinski definition) is 1. The second-order valence-corrected chi connectivity index (χ2v) is 6.17. The van der Waals surface area contributed by atoms with Crippen LogP contribution in [0.1, 0.15) is 30.5 Å². The van der Waals surface area contributed by atoms with Crippen LogP contribution in [0.5, 0.6) is 0 Å². The molecule has 3 rings (SSSR count). The van der Waals surface area contributed by atoms with Crippen LogP contribution >= 0.6 is 0 Å². The maximum absolute atomic E-state index is 11.9. The molecule has 0 atom stereocenters. The van der Waals surface area contributed by atoms with Gasteiger partial charge in [-0.15, -0.1) is 0 Å². The van der Waals surface area contributed by atoms with Crippen LogP contribution in [0, 0.1) is 0 Å². The molecule has 2 heteroatoms. The normalized spacial score (nSPS) is 11.3. The van der Waals surface area contributed by atoms with E-state index >= 15 is 0 Å². The van der Waals surface area contributed by atoms with Gasteiger partial charge in [0.2, 0.25) is 0 Å².